The summed E-state index contributed by atoms with van der Waals surface area (Å²) in [5.74, 6) is -0.486. The van der Waals surface area contributed by atoms with Gasteiger partial charge in [-0.25, -0.2) is 4.39 Å². The molecule has 1 aromatic rings. The van der Waals surface area contributed by atoms with Gasteiger partial charge in [0.25, 0.3) is 5.69 Å². The minimum absolute atomic E-state index is 0.0478. The van der Waals surface area contributed by atoms with Crippen molar-refractivity contribution in [2.75, 3.05) is 18.0 Å². The van der Waals surface area contributed by atoms with Crippen molar-refractivity contribution in [1.29, 1.82) is 0 Å². The molecule has 1 saturated heterocycles. The van der Waals surface area contributed by atoms with Gasteiger partial charge in [0.15, 0.2) is 0 Å². The van der Waals surface area contributed by atoms with Gasteiger partial charge in [-0.2, -0.15) is 0 Å². The maximum Gasteiger partial charge on any atom is 0.293 e. The van der Waals surface area contributed by atoms with Crippen LogP contribution in [0, 0.1) is 15.9 Å². The van der Waals surface area contributed by atoms with Crippen LogP contribution in [0.5, 0.6) is 0 Å². The number of rotatable bonds is 5. The van der Waals surface area contributed by atoms with Crippen LogP contribution >= 0.6 is 15.9 Å². The number of nitrogens with one attached hydrogen (secondary N) is 1. The fourth-order valence-electron chi connectivity index (χ4n) is 2.64. The number of benzene rings is 1. The van der Waals surface area contributed by atoms with E-state index in [2.05, 4.69) is 21.2 Å². The highest BCUT2D eigenvalue weighted by Gasteiger charge is 2.27. The number of nitrogens with zero attached hydrogens (tertiary/aromatic N) is 2. The number of halogens is 2. The maximum absolute atomic E-state index is 13.8. The van der Waals surface area contributed by atoms with Crippen LogP contribution in [0.4, 0.5) is 15.8 Å². The smallest absolute Gasteiger partial charge is 0.293 e. The number of hydrogen-bond donors (Lipinski definition) is 1. The van der Waals surface area contributed by atoms with Crippen molar-refractivity contribution in [3.63, 3.8) is 0 Å². The lowest BCUT2D eigenvalue weighted by Crippen LogP contribution is -2.41. The SMILES string of the molecule is CC(C)N(CC1CCCN1)c1cc(F)c(Br)cc1[N+](=O)[O-]. The molecule has 0 aliphatic carbocycles. The molecule has 0 saturated carbocycles. The number of nitro groups is 1. The summed E-state index contributed by atoms with van der Waals surface area (Å²) in [4.78, 5) is 12.7. The molecular weight excluding hydrogens is 341 g/mol. The Hall–Kier alpha value is -1.21. The van der Waals surface area contributed by atoms with Gasteiger partial charge in [-0.1, -0.05) is 0 Å². The molecule has 0 aromatic heterocycles. The highest BCUT2D eigenvalue weighted by molar-refractivity contribution is 9.10. The van der Waals surface area contributed by atoms with Gasteiger partial charge in [0.05, 0.1) is 9.40 Å². The summed E-state index contributed by atoms with van der Waals surface area (Å²) in [7, 11) is 0. The fourth-order valence-corrected chi connectivity index (χ4v) is 2.97. The van der Waals surface area contributed by atoms with E-state index in [-0.39, 0.29) is 16.2 Å². The van der Waals surface area contributed by atoms with Crippen molar-refractivity contribution in [1.82, 2.24) is 5.32 Å². The molecule has 5 nitrogen and oxygen atoms in total. The van der Waals surface area contributed by atoms with E-state index in [1.54, 1.807) is 0 Å². The van der Waals surface area contributed by atoms with E-state index in [0.717, 1.165) is 19.4 Å². The average molecular weight is 360 g/mol. The second kappa shape index (κ2) is 6.70. The predicted octanol–water partition coefficient (Wildman–Crippen LogP) is 3.46. The van der Waals surface area contributed by atoms with E-state index >= 15 is 0 Å². The summed E-state index contributed by atoms with van der Waals surface area (Å²) < 4.78 is 14.0. The van der Waals surface area contributed by atoms with E-state index < -0.39 is 10.7 Å². The lowest BCUT2D eigenvalue weighted by atomic mass is 10.1. The van der Waals surface area contributed by atoms with Crippen LogP contribution < -0.4 is 10.2 Å². The molecule has 1 aromatic carbocycles. The van der Waals surface area contributed by atoms with E-state index in [1.807, 2.05) is 18.7 Å². The first-order valence-corrected chi connectivity index (χ1v) is 7.83. The monoisotopic (exact) mass is 359 g/mol. The molecule has 1 unspecified atom stereocenters. The first kappa shape index (κ1) is 16.2. The van der Waals surface area contributed by atoms with E-state index in [1.165, 1.54) is 12.1 Å². The predicted molar refractivity (Wildman–Crippen MR) is 84.3 cm³/mol. The molecule has 1 N–H and O–H groups in total. The summed E-state index contributed by atoms with van der Waals surface area (Å²) in [5, 5.41) is 14.6. The topological polar surface area (TPSA) is 58.4 Å². The van der Waals surface area contributed by atoms with Gasteiger partial charge in [0.2, 0.25) is 0 Å². The zero-order chi connectivity index (χ0) is 15.6. The summed E-state index contributed by atoms with van der Waals surface area (Å²) >= 11 is 3.01. The van der Waals surface area contributed by atoms with Crippen LogP contribution in [0.3, 0.4) is 0 Å². The van der Waals surface area contributed by atoms with Crippen molar-refractivity contribution < 1.29 is 9.31 Å². The highest BCUT2D eigenvalue weighted by Crippen LogP contribution is 2.34. The Labute approximate surface area is 131 Å². The van der Waals surface area contributed by atoms with Gasteiger partial charge in [-0.3, -0.25) is 10.1 Å². The second-order valence-electron chi connectivity index (χ2n) is 5.55. The normalized spacial score (nSPS) is 18.2. The van der Waals surface area contributed by atoms with E-state index in [4.69, 9.17) is 0 Å². The molecule has 0 amide bonds. The average Bonchev–Trinajstić information content (AvgIpc) is 2.91. The minimum Gasteiger partial charge on any atom is -0.362 e. The Morgan fingerprint density at radius 3 is 2.81 bits per heavy atom. The van der Waals surface area contributed by atoms with E-state index in [9.17, 15) is 14.5 Å². The quantitative estimate of drug-likeness (QED) is 0.645. The van der Waals surface area contributed by atoms with Crippen molar-refractivity contribution in [2.24, 2.45) is 0 Å². The third-order valence-corrected chi connectivity index (χ3v) is 4.33. The molecule has 1 aliphatic rings. The summed E-state index contributed by atoms with van der Waals surface area (Å²) in [6.45, 7) is 5.52. The Morgan fingerprint density at radius 1 is 1.57 bits per heavy atom. The van der Waals surface area contributed by atoms with Crippen LogP contribution in [-0.4, -0.2) is 30.1 Å². The Balaban J connectivity index is 2.38. The first-order chi connectivity index (χ1) is 9.90. The van der Waals surface area contributed by atoms with Gasteiger partial charge < -0.3 is 10.2 Å². The van der Waals surface area contributed by atoms with Crippen molar-refractivity contribution in [3.05, 3.63) is 32.5 Å². The van der Waals surface area contributed by atoms with Crippen LogP contribution in [0.2, 0.25) is 0 Å². The zero-order valence-corrected chi connectivity index (χ0v) is 13.7. The van der Waals surface area contributed by atoms with Gasteiger partial charge in [0.1, 0.15) is 11.5 Å². The third kappa shape index (κ3) is 3.71. The summed E-state index contributed by atoms with van der Waals surface area (Å²) in [6.07, 6.45) is 2.14. The lowest BCUT2D eigenvalue weighted by Gasteiger charge is -2.31. The molecule has 0 radical (unpaired) electrons. The number of nitro benzene ring substituents is 1. The number of anilines is 1. The van der Waals surface area contributed by atoms with Gasteiger partial charge >= 0.3 is 0 Å². The van der Waals surface area contributed by atoms with Crippen molar-refractivity contribution >= 4 is 27.3 Å². The molecule has 7 heteroatoms. The number of hydrogen-bond acceptors (Lipinski definition) is 4. The molecule has 0 spiro atoms. The lowest BCUT2D eigenvalue weighted by molar-refractivity contribution is -0.384. The Morgan fingerprint density at radius 2 is 2.29 bits per heavy atom. The van der Waals surface area contributed by atoms with Gasteiger partial charge in [-0.05, 0) is 49.2 Å². The Bertz CT molecular complexity index is 533. The van der Waals surface area contributed by atoms with Crippen LogP contribution in [-0.2, 0) is 0 Å². The van der Waals surface area contributed by atoms with Crippen LogP contribution in [0.25, 0.3) is 0 Å². The molecule has 1 atom stereocenters. The molecular formula is C14H19BrFN3O2. The van der Waals surface area contributed by atoms with Gasteiger partial charge in [-0.15, -0.1) is 0 Å². The highest BCUT2D eigenvalue weighted by atomic mass is 79.9. The molecule has 1 aliphatic heterocycles. The van der Waals surface area contributed by atoms with Crippen molar-refractivity contribution in [3.8, 4) is 0 Å². The largest absolute Gasteiger partial charge is 0.362 e. The molecule has 1 heterocycles. The van der Waals surface area contributed by atoms with Crippen LogP contribution in [0.15, 0.2) is 16.6 Å². The third-order valence-electron chi connectivity index (χ3n) is 3.73. The Kier molecular flexibility index (Phi) is 5.16. The molecule has 21 heavy (non-hydrogen) atoms. The molecule has 0 bridgehead atoms. The van der Waals surface area contributed by atoms with Crippen molar-refractivity contribution in [2.45, 2.75) is 38.8 Å². The minimum atomic E-state index is -0.486. The molecule has 2 rings (SSSR count). The van der Waals surface area contributed by atoms with Crippen LogP contribution in [0.1, 0.15) is 26.7 Å². The first-order valence-electron chi connectivity index (χ1n) is 7.03. The zero-order valence-electron chi connectivity index (χ0n) is 12.1. The summed E-state index contributed by atoms with van der Waals surface area (Å²) in [5.41, 5.74) is 0.263. The molecule has 116 valence electrons. The molecule has 1 fully saturated rings. The maximum atomic E-state index is 13.8. The second-order valence-corrected chi connectivity index (χ2v) is 6.41. The summed E-state index contributed by atoms with van der Waals surface area (Å²) in [6, 6.07) is 2.82. The standard InChI is InChI=1S/C14H19BrFN3O2/c1-9(2)18(8-10-4-3-5-17-10)13-7-12(16)11(15)6-14(13)19(20)21/h6-7,9-10,17H,3-5,8H2,1-2H3. The fraction of sp³-hybridized carbons (Fsp3) is 0.571. The van der Waals surface area contributed by atoms with Gasteiger partial charge in [0, 0.05) is 30.8 Å². The van der Waals surface area contributed by atoms with E-state index in [0.29, 0.717) is 18.3 Å².